The van der Waals surface area contributed by atoms with Crippen LogP contribution >= 0.6 is 0 Å². The lowest BCUT2D eigenvalue weighted by Crippen LogP contribution is -2.21. The Balaban J connectivity index is 1.43. The lowest BCUT2D eigenvalue weighted by atomic mass is 10.0. The molecule has 4 aromatic rings. The highest BCUT2D eigenvalue weighted by Crippen LogP contribution is 2.27. The van der Waals surface area contributed by atoms with Gasteiger partial charge in [0.05, 0.1) is 0 Å². The fraction of sp³-hybridized carbons (Fsp3) is 0.0952. The average Bonchev–Trinajstić information content (AvgIpc) is 3.19. The largest absolute Gasteiger partial charge is 0.450 e. The minimum Gasteiger partial charge on any atom is -0.450 e. The molecule has 0 aliphatic carbocycles. The van der Waals surface area contributed by atoms with E-state index in [-0.39, 0.29) is 11.6 Å². The predicted octanol–water partition coefficient (Wildman–Crippen LogP) is 2.90. The molecule has 0 radical (unpaired) electrons. The smallest absolute Gasteiger partial charge is 0.378 e. The van der Waals surface area contributed by atoms with Crippen LogP contribution in [0.5, 0.6) is 0 Å². The van der Waals surface area contributed by atoms with E-state index in [1.54, 1.807) is 18.3 Å². The van der Waals surface area contributed by atoms with Crippen LogP contribution in [0.1, 0.15) is 16.3 Å². The SMILES string of the molecule is Cc1ccnc2nc(C(=O)OCC(=O)Nc3ccccc3-c3ccccc3)nn12. The fourth-order valence-electron chi connectivity index (χ4n) is 2.84. The number of fused-ring (bicyclic) bond motifs is 1. The molecule has 144 valence electrons. The maximum Gasteiger partial charge on any atom is 0.378 e. The first-order chi connectivity index (χ1) is 14.1. The average molecular weight is 387 g/mol. The number of para-hydroxylation sites is 1. The minimum absolute atomic E-state index is 0.149. The van der Waals surface area contributed by atoms with E-state index in [1.807, 2.05) is 55.5 Å². The highest BCUT2D eigenvalue weighted by molar-refractivity contribution is 5.97. The zero-order valence-corrected chi connectivity index (χ0v) is 15.6. The van der Waals surface area contributed by atoms with E-state index >= 15 is 0 Å². The van der Waals surface area contributed by atoms with Gasteiger partial charge in [0.2, 0.25) is 0 Å². The molecule has 2 heterocycles. The Morgan fingerprint density at radius 1 is 1.03 bits per heavy atom. The monoisotopic (exact) mass is 387 g/mol. The first-order valence-electron chi connectivity index (χ1n) is 8.91. The van der Waals surface area contributed by atoms with Gasteiger partial charge in [-0.1, -0.05) is 48.5 Å². The Hall–Kier alpha value is -4.07. The number of amides is 1. The van der Waals surface area contributed by atoms with Crippen LogP contribution in [0, 0.1) is 6.92 Å². The van der Waals surface area contributed by atoms with Gasteiger partial charge in [-0.15, -0.1) is 5.10 Å². The van der Waals surface area contributed by atoms with Gasteiger partial charge >= 0.3 is 5.97 Å². The summed E-state index contributed by atoms with van der Waals surface area (Å²) in [6, 6.07) is 18.8. The number of rotatable bonds is 5. The molecule has 1 N–H and O–H groups in total. The minimum atomic E-state index is -0.790. The molecule has 0 aliphatic heterocycles. The number of aryl methyl sites for hydroxylation is 1. The first kappa shape index (κ1) is 18.3. The molecule has 0 spiro atoms. The maximum atomic E-state index is 12.3. The summed E-state index contributed by atoms with van der Waals surface area (Å²) in [4.78, 5) is 32.6. The van der Waals surface area contributed by atoms with Crippen molar-refractivity contribution in [1.82, 2.24) is 19.6 Å². The number of benzene rings is 2. The van der Waals surface area contributed by atoms with E-state index in [0.29, 0.717) is 5.69 Å². The molecule has 0 saturated carbocycles. The third-order valence-electron chi connectivity index (χ3n) is 4.23. The van der Waals surface area contributed by atoms with Crippen molar-refractivity contribution in [2.75, 3.05) is 11.9 Å². The summed E-state index contributed by atoms with van der Waals surface area (Å²) in [5.41, 5.74) is 3.25. The van der Waals surface area contributed by atoms with Gasteiger partial charge in [-0.05, 0) is 24.6 Å². The van der Waals surface area contributed by atoms with Crippen molar-refractivity contribution in [3.8, 4) is 11.1 Å². The third kappa shape index (κ3) is 3.96. The van der Waals surface area contributed by atoms with E-state index in [1.165, 1.54) is 4.52 Å². The topological polar surface area (TPSA) is 98.5 Å². The van der Waals surface area contributed by atoms with Gasteiger partial charge in [0.15, 0.2) is 6.61 Å². The number of carbonyl (C=O) groups is 2. The van der Waals surface area contributed by atoms with Gasteiger partial charge < -0.3 is 10.1 Å². The van der Waals surface area contributed by atoms with Crippen LogP contribution in [0.25, 0.3) is 16.9 Å². The molecule has 29 heavy (non-hydrogen) atoms. The Labute approximate surface area is 166 Å². The lowest BCUT2D eigenvalue weighted by molar-refractivity contribution is -0.119. The molecule has 0 fully saturated rings. The van der Waals surface area contributed by atoms with Crippen molar-refractivity contribution in [3.05, 3.63) is 78.4 Å². The number of hydrogen-bond donors (Lipinski definition) is 1. The molecule has 0 saturated heterocycles. The number of anilines is 1. The molecule has 8 heteroatoms. The van der Waals surface area contributed by atoms with E-state index in [2.05, 4.69) is 20.4 Å². The molecular weight excluding hydrogens is 370 g/mol. The number of hydrogen-bond acceptors (Lipinski definition) is 6. The molecule has 0 bridgehead atoms. The molecule has 0 atom stereocenters. The van der Waals surface area contributed by atoms with Gasteiger partial charge in [0.1, 0.15) is 0 Å². The number of nitrogens with zero attached hydrogens (tertiary/aromatic N) is 4. The maximum absolute atomic E-state index is 12.3. The summed E-state index contributed by atoms with van der Waals surface area (Å²) in [7, 11) is 0. The second-order valence-corrected chi connectivity index (χ2v) is 6.27. The second-order valence-electron chi connectivity index (χ2n) is 6.27. The Morgan fingerprint density at radius 3 is 2.59 bits per heavy atom. The molecule has 4 rings (SSSR count). The van der Waals surface area contributed by atoms with Crippen LogP contribution in [-0.2, 0) is 9.53 Å². The van der Waals surface area contributed by atoms with E-state index < -0.39 is 18.5 Å². The number of ether oxygens (including phenoxy) is 1. The summed E-state index contributed by atoms with van der Waals surface area (Å²) < 4.78 is 6.50. The third-order valence-corrected chi connectivity index (χ3v) is 4.23. The van der Waals surface area contributed by atoms with Gasteiger partial charge in [-0.2, -0.15) is 4.98 Å². The zero-order chi connectivity index (χ0) is 20.2. The normalized spacial score (nSPS) is 10.7. The number of aromatic nitrogens is 4. The quantitative estimate of drug-likeness (QED) is 0.529. The van der Waals surface area contributed by atoms with Crippen LogP contribution < -0.4 is 5.32 Å². The van der Waals surface area contributed by atoms with E-state index in [0.717, 1.165) is 16.8 Å². The van der Waals surface area contributed by atoms with Crippen LogP contribution in [0.3, 0.4) is 0 Å². The van der Waals surface area contributed by atoms with Crippen LogP contribution in [0.2, 0.25) is 0 Å². The summed E-state index contributed by atoms with van der Waals surface area (Å²) in [6.45, 7) is 1.36. The van der Waals surface area contributed by atoms with Crippen molar-refractivity contribution in [3.63, 3.8) is 0 Å². The molecule has 0 unspecified atom stereocenters. The Bertz CT molecular complexity index is 1190. The van der Waals surface area contributed by atoms with Gasteiger partial charge in [0.25, 0.3) is 17.5 Å². The molecule has 2 aromatic heterocycles. The van der Waals surface area contributed by atoms with Gasteiger partial charge in [-0.3, -0.25) is 4.79 Å². The molecule has 2 aromatic carbocycles. The number of esters is 1. The lowest BCUT2D eigenvalue weighted by Gasteiger charge is -2.11. The van der Waals surface area contributed by atoms with Crippen molar-refractivity contribution in [2.45, 2.75) is 6.92 Å². The summed E-state index contributed by atoms with van der Waals surface area (Å²) in [6.07, 6.45) is 1.58. The zero-order valence-electron chi connectivity index (χ0n) is 15.6. The van der Waals surface area contributed by atoms with E-state index in [9.17, 15) is 9.59 Å². The summed E-state index contributed by atoms with van der Waals surface area (Å²) >= 11 is 0. The van der Waals surface area contributed by atoms with Gasteiger partial charge in [0, 0.05) is 23.1 Å². The molecule has 1 amide bonds. The number of nitrogens with one attached hydrogen (secondary N) is 1. The molecule has 0 aliphatic rings. The fourth-order valence-corrected chi connectivity index (χ4v) is 2.84. The summed E-state index contributed by atoms with van der Waals surface area (Å²) in [5, 5.41) is 6.84. The first-order valence-corrected chi connectivity index (χ1v) is 8.91. The molecule has 8 nitrogen and oxygen atoms in total. The molecular formula is C21H17N5O3. The van der Waals surface area contributed by atoms with Crippen LogP contribution in [0.4, 0.5) is 5.69 Å². The van der Waals surface area contributed by atoms with Crippen molar-refractivity contribution in [2.24, 2.45) is 0 Å². The Kier molecular flexibility index (Phi) is 4.98. The Morgan fingerprint density at radius 2 is 1.79 bits per heavy atom. The highest BCUT2D eigenvalue weighted by Gasteiger charge is 2.17. The second kappa shape index (κ2) is 7.89. The van der Waals surface area contributed by atoms with E-state index in [4.69, 9.17) is 4.74 Å². The number of carbonyl (C=O) groups excluding carboxylic acids is 2. The van der Waals surface area contributed by atoms with Crippen LogP contribution in [0.15, 0.2) is 66.9 Å². The van der Waals surface area contributed by atoms with Gasteiger partial charge in [-0.25, -0.2) is 14.3 Å². The standard InChI is InChI=1S/C21H17N5O3/c1-14-11-12-22-21-24-19(25-26(14)21)20(28)29-13-18(27)23-17-10-6-5-9-16(17)15-7-3-2-4-8-15/h2-12H,13H2,1H3,(H,23,27). The van der Waals surface area contributed by atoms with Crippen molar-refractivity contribution < 1.29 is 14.3 Å². The van der Waals surface area contributed by atoms with Crippen LogP contribution in [-0.4, -0.2) is 38.1 Å². The highest BCUT2D eigenvalue weighted by atomic mass is 16.5. The summed E-state index contributed by atoms with van der Waals surface area (Å²) in [5.74, 6) is -1.11. The van der Waals surface area contributed by atoms with Crippen molar-refractivity contribution >= 4 is 23.3 Å². The van der Waals surface area contributed by atoms with Crippen molar-refractivity contribution in [1.29, 1.82) is 0 Å². The predicted molar refractivity (Wildman–Crippen MR) is 106 cm³/mol.